The van der Waals surface area contributed by atoms with Crippen LogP contribution in [0.1, 0.15) is 23.8 Å². The summed E-state index contributed by atoms with van der Waals surface area (Å²) in [5, 5.41) is 1.94. The van der Waals surface area contributed by atoms with Gasteiger partial charge in [0.05, 0.1) is 11.7 Å². The summed E-state index contributed by atoms with van der Waals surface area (Å²) >= 11 is 0. The molecule has 19 heavy (non-hydrogen) atoms. The van der Waals surface area contributed by atoms with Crippen LogP contribution >= 0.6 is 0 Å². The Balaban J connectivity index is 2.22. The Bertz CT molecular complexity index is 802. The van der Waals surface area contributed by atoms with Crippen LogP contribution in [0.4, 0.5) is 0 Å². The Morgan fingerprint density at radius 2 is 1.95 bits per heavy atom. The van der Waals surface area contributed by atoms with Crippen LogP contribution in [-0.4, -0.2) is 21.5 Å². The smallest absolute Gasteiger partial charge is 0.246 e. The van der Waals surface area contributed by atoms with Gasteiger partial charge in [-0.2, -0.15) is 0 Å². The maximum atomic E-state index is 11.9. The van der Waals surface area contributed by atoms with Crippen molar-refractivity contribution in [2.75, 3.05) is 0 Å². The number of aromatic nitrogens is 2. The SMILES string of the molecule is CCC(=O)C(=O)c1cc2c(cn1)[nH]c1ccccc12. The molecule has 1 aromatic carbocycles. The van der Waals surface area contributed by atoms with E-state index in [0.29, 0.717) is 0 Å². The summed E-state index contributed by atoms with van der Waals surface area (Å²) in [4.78, 5) is 30.6. The monoisotopic (exact) mass is 252 g/mol. The Kier molecular flexibility index (Phi) is 2.63. The molecule has 4 nitrogen and oxygen atoms in total. The predicted octanol–water partition coefficient (Wildman–Crippen LogP) is 2.88. The molecule has 2 aromatic heterocycles. The highest BCUT2D eigenvalue weighted by Gasteiger charge is 2.16. The van der Waals surface area contributed by atoms with Gasteiger partial charge in [-0.15, -0.1) is 0 Å². The molecule has 2 heterocycles. The lowest BCUT2D eigenvalue weighted by atomic mass is 10.1. The van der Waals surface area contributed by atoms with Gasteiger partial charge in [-0.05, 0) is 12.1 Å². The van der Waals surface area contributed by atoms with Crippen LogP contribution in [0.2, 0.25) is 0 Å². The molecule has 4 heteroatoms. The summed E-state index contributed by atoms with van der Waals surface area (Å²) in [5.74, 6) is -0.929. The summed E-state index contributed by atoms with van der Waals surface area (Å²) < 4.78 is 0. The fourth-order valence-corrected chi connectivity index (χ4v) is 2.18. The normalized spacial score (nSPS) is 11.0. The van der Waals surface area contributed by atoms with Crippen LogP contribution in [0.15, 0.2) is 36.5 Å². The fraction of sp³-hybridized carbons (Fsp3) is 0.133. The number of H-pyrrole nitrogens is 1. The fourth-order valence-electron chi connectivity index (χ4n) is 2.18. The molecular weight excluding hydrogens is 240 g/mol. The number of pyridine rings is 1. The summed E-state index contributed by atoms with van der Waals surface area (Å²) in [7, 11) is 0. The third-order valence-corrected chi connectivity index (χ3v) is 3.20. The minimum atomic E-state index is -0.519. The Labute approximate surface area is 109 Å². The van der Waals surface area contributed by atoms with Crippen molar-refractivity contribution in [1.82, 2.24) is 9.97 Å². The first-order valence-electron chi connectivity index (χ1n) is 6.14. The van der Waals surface area contributed by atoms with Crippen molar-refractivity contribution < 1.29 is 9.59 Å². The summed E-state index contributed by atoms with van der Waals surface area (Å²) in [5.41, 5.74) is 2.07. The van der Waals surface area contributed by atoms with Gasteiger partial charge < -0.3 is 4.98 Å². The molecule has 0 aliphatic carbocycles. The number of carbonyl (C=O) groups is 2. The number of hydrogen-bond acceptors (Lipinski definition) is 3. The summed E-state index contributed by atoms with van der Waals surface area (Å²) in [6.07, 6.45) is 1.80. The second kappa shape index (κ2) is 4.31. The Morgan fingerprint density at radius 3 is 2.74 bits per heavy atom. The summed E-state index contributed by atoms with van der Waals surface area (Å²) in [6, 6.07) is 9.51. The van der Waals surface area contributed by atoms with Crippen molar-refractivity contribution in [3.8, 4) is 0 Å². The van der Waals surface area contributed by atoms with Crippen molar-refractivity contribution in [2.45, 2.75) is 13.3 Å². The van der Waals surface area contributed by atoms with Crippen LogP contribution < -0.4 is 0 Å². The van der Waals surface area contributed by atoms with E-state index in [4.69, 9.17) is 0 Å². The second-order valence-corrected chi connectivity index (χ2v) is 4.39. The molecule has 0 bridgehead atoms. The first-order chi connectivity index (χ1) is 9.20. The van der Waals surface area contributed by atoms with Gasteiger partial charge in [-0.25, -0.2) is 0 Å². The Morgan fingerprint density at radius 1 is 1.16 bits per heavy atom. The van der Waals surface area contributed by atoms with Gasteiger partial charge >= 0.3 is 0 Å². The molecule has 1 N–H and O–H groups in total. The third kappa shape index (κ3) is 1.81. The van der Waals surface area contributed by atoms with Gasteiger partial charge in [0, 0.05) is 22.7 Å². The molecular formula is C15H12N2O2. The van der Waals surface area contributed by atoms with E-state index in [1.807, 2.05) is 24.3 Å². The first-order valence-corrected chi connectivity index (χ1v) is 6.14. The van der Waals surface area contributed by atoms with Gasteiger partial charge in [0.25, 0.3) is 0 Å². The van der Waals surface area contributed by atoms with Gasteiger partial charge in [-0.3, -0.25) is 14.6 Å². The number of carbonyl (C=O) groups excluding carboxylic acids is 2. The third-order valence-electron chi connectivity index (χ3n) is 3.20. The second-order valence-electron chi connectivity index (χ2n) is 4.39. The van der Waals surface area contributed by atoms with Gasteiger partial charge in [0.15, 0.2) is 0 Å². The number of rotatable bonds is 3. The number of fused-ring (bicyclic) bond motifs is 3. The van der Waals surface area contributed by atoms with Gasteiger partial charge in [0.2, 0.25) is 11.6 Å². The van der Waals surface area contributed by atoms with E-state index in [2.05, 4.69) is 9.97 Å². The molecule has 0 amide bonds. The van der Waals surface area contributed by atoms with E-state index in [0.717, 1.165) is 21.8 Å². The van der Waals surface area contributed by atoms with E-state index < -0.39 is 11.6 Å². The molecule has 0 aliphatic rings. The molecule has 3 rings (SSSR count). The highest BCUT2D eigenvalue weighted by Crippen LogP contribution is 2.25. The van der Waals surface area contributed by atoms with E-state index >= 15 is 0 Å². The van der Waals surface area contributed by atoms with Gasteiger partial charge in [-0.1, -0.05) is 25.1 Å². The first kappa shape index (κ1) is 11.6. The van der Waals surface area contributed by atoms with Crippen molar-refractivity contribution >= 4 is 33.4 Å². The molecule has 0 spiro atoms. The highest BCUT2D eigenvalue weighted by atomic mass is 16.2. The highest BCUT2D eigenvalue weighted by molar-refractivity contribution is 6.43. The average molecular weight is 252 g/mol. The quantitative estimate of drug-likeness (QED) is 0.576. The van der Waals surface area contributed by atoms with Crippen molar-refractivity contribution in [3.63, 3.8) is 0 Å². The van der Waals surface area contributed by atoms with Crippen molar-refractivity contribution in [2.24, 2.45) is 0 Å². The zero-order chi connectivity index (χ0) is 13.4. The standard InChI is InChI=1S/C15H12N2O2/c1-2-14(18)15(19)12-7-10-9-5-3-4-6-11(9)17-13(10)8-16-12/h3-8,17H,2H2,1H3. The number of aromatic amines is 1. The number of ketones is 2. The molecule has 0 fully saturated rings. The number of Topliss-reactive ketones (excluding diaryl/α,β-unsaturated/α-hetero) is 2. The maximum Gasteiger partial charge on any atom is 0.246 e. The van der Waals surface area contributed by atoms with Crippen LogP contribution in [0.25, 0.3) is 21.8 Å². The van der Waals surface area contributed by atoms with Crippen LogP contribution in [0.5, 0.6) is 0 Å². The average Bonchev–Trinajstić information content (AvgIpc) is 2.83. The van der Waals surface area contributed by atoms with E-state index in [-0.39, 0.29) is 12.1 Å². The zero-order valence-electron chi connectivity index (χ0n) is 10.4. The number of nitrogens with one attached hydrogen (secondary N) is 1. The molecule has 0 radical (unpaired) electrons. The lowest BCUT2D eigenvalue weighted by Crippen LogP contribution is -2.14. The molecule has 0 saturated heterocycles. The minimum Gasteiger partial charge on any atom is -0.353 e. The van der Waals surface area contributed by atoms with E-state index in [1.165, 1.54) is 0 Å². The largest absolute Gasteiger partial charge is 0.353 e. The maximum absolute atomic E-state index is 11.9. The predicted molar refractivity (Wildman–Crippen MR) is 73.2 cm³/mol. The number of benzene rings is 1. The Hall–Kier alpha value is -2.49. The molecule has 0 atom stereocenters. The number of hydrogen-bond donors (Lipinski definition) is 1. The van der Waals surface area contributed by atoms with Gasteiger partial charge in [0.1, 0.15) is 5.69 Å². The molecule has 3 aromatic rings. The van der Waals surface area contributed by atoms with Crippen LogP contribution in [0, 0.1) is 0 Å². The molecule has 0 unspecified atom stereocenters. The van der Waals surface area contributed by atoms with Crippen molar-refractivity contribution in [3.05, 3.63) is 42.2 Å². The van der Waals surface area contributed by atoms with Crippen molar-refractivity contribution in [1.29, 1.82) is 0 Å². The number of para-hydroxylation sites is 1. The van der Waals surface area contributed by atoms with Crippen LogP contribution in [-0.2, 0) is 4.79 Å². The van der Waals surface area contributed by atoms with E-state index in [9.17, 15) is 9.59 Å². The molecule has 94 valence electrons. The molecule has 0 saturated carbocycles. The lowest BCUT2D eigenvalue weighted by molar-refractivity contribution is -0.114. The zero-order valence-corrected chi connectivity index (χ0v) is 10.4. The van der Waals surface area contributed by atoms with Crippen LogP contribution in [0.3, 0.4) is 0 Å². The number of nitrogens with zero attached hydrogens (tertiary/aromatic N) is 1. The lowest BCUT2D eigenvalue weighted by Gasteiger charge is -1.98. The topological polar surface area (TPSA) is 62.8 Å². The van der Waals surface area contributed by atoms with E-state index in [1.54, 1.807) is 19.2 Å². The minimum absolute atomic E-state index is 0.201. The molecule has 0 aliphatic heterocycles. The summed E-state index contributed by atoms with van der Waals surface area (Å²) in [6.45, 7) is 1.67.